The van der Waals surface area contributed by atoms with E-state index in [2.05, 4.69) is 41.7 Å². The first-order chi connectivity index (χ1) is 12.3. The van der Waals surface area contributed by atoms with Crippen molar-refractivity contribution in [2.45, 2.75) is 19.7 Å². The Bertz CT molecular complexity index is 752. The van der Waals surface area contributed by atoms with Crippen molar-refractivity contribution in [3.05, 3.63) is 95.6 Å². The van der Waals surface area contributed by atoms with Crippen molar-refractivity contribution in [1.82, 2.24) is 5.32 Å². The molecule has 3 nitrogen and oxygen atoms in total. The van der Waals surface area contributed by atoms with Gasteiger partial charge in [-0.25, -0.2) is 0 Å². The van der Waals surface area contributed by atoms with Crippen LogP contribution in [0.25, 0.3) is 0 Å². The molecule has 0 amide bonds. The van der Waals surface area contributed by atoms with Gasteiger partial charge < -0.3 is 14.8 Å². The predicted molar refractivity (Wildman–Crippen MR) is 101 cm³/mol. The molecule has 128 valence electrons. The summed E-state index contributed by atoms with van der Waals surface area (Å²) in [4.78, 5) is 0. The van der Waals surface area contributed by atoms with Crippen LogP contribution in [0.4, 0.5) is 0 Å². The molecule has 3 aromatic rings. The molecule has 0 saturated carbocycles. The highest BCUT2D eigenvalue weighted by atomic mass is 16.5. The number of hydrogen-bond acceptors (Lipinski definition) is 3. The van der Waals surface area contributed by atoms with Gasteiger partial charge in [-0.15, -0.1) is 0 Å². The standard InChI is InChI=1S/C22H23NO2/c1-24-21-11-9-20(10-12-21)17-25-22-13-7-19(8-14-22)16-23-15-18-5-3-2-4-6-18/h2-14,23H,15-17H2,1H3. The van der Waals surface area contributed by atoms with E-state index in [-0.39, 0.29) is 0 Å². The van der Waals surface area contributed by atoms with Crippen LogP contribution in [0.5, 0.6) is 11.5 Å². The van der Waals surface area contributed by atoms with Gasteiger partial charge in [-0.05, 0) is 41.0 Å². The zero-order valence-corrected chi connectivity index (χ0v) is 14.4. The second-order valence-corrected chi connectivity index (χ2v) is 5.87. The highest BCUT2D eigenvalue weighted by Gasteiger charge is 1.99. The molecule has 0 heterocycles. The lowest BCUT2D eigenvalue weighted by molar-refractivity contribution is 0.306. The first-order valence-electron chi connectivity index (χ1n) is 8.43. The Balaban J connectivity index is 1.45. The van der Waals surface area contributed by atoms with Gasteiger partial charge in [-0.2, -0.15) is 0 Å². The third kappa shape index (κ3) is 5.37. The summed E-state index contributed by atoms with van der Waals surface area (Å²) < 4.78 is 11.0. The minimum Gasteiger partial charge on any atom is -0.497 e. The minimum atomic E-state index is 0.551. The number of rotatable bonds is 8. The second-order valence-electron chi connectivity index (χ2n) is 5.87. The molecular formula is C22H23NO2. The van der Waals surface area contributed by atoms with Gasteiger partial charge in [0.15, 0.2) is 0 Å². The van der Waals surface area contributed by atoms with E-state index < -0.39 is 0 Å². The van der Waals surface area contributed by atoms with Crippen LogP contribution < -0.4 is 14.8 Å². The van der Waals surface area contributed by atoms with E-state index in [1.165, 1.54) is 11.1 Å². The van der Waals surface area contributed by atoms with Gasteiger partial charge in [0, 0.05) is 13.1 Å². The highest BCUT2D eigenvalue weighted by Crippen LogP contribution is 2.16. The maximum atomic E-state index is 5.83. The molecule has 25 heavy (non-hydrogen) atoms. The van der Waals surface area contributed by atoms with Crippen molar-refractivity contribution < 1.29 is 9.47 Å². The van der Waals surface area contributed by atoms with Gasteiger partial charge in [0.2, 0.25) is 0 Å². The van der Waals surface area contributed by atoms with E-state index in [9.17, 15) is 0 Å². The van der Waals surface area contributed by atoms with Crippen LogP contribution in [0.15, 0.2) is 78.9 Å². The van der Waals surface area contributed by atoms with E-state index in [1.54, 1.807) is 7.11 Å². The monoisotopic (exact) mass is 333 g/mol. The van der Waals surface area contributed by atoms with Gasteiger partial charge >= 0.3 is 0 Å². The molecule has 1 N–H and O–H groups in total. The summed E-state index contributed by atoms with van der Waals surface area (Å²) in [5.41, 5.74) is 3.66. The van der Waals surface area contributed by atoms with E-state index in [1.807, 2.05) is 42.5 Å². The largest absolute Gasteiger partial charge is 0.497 e. The fourth-order valence-corrected chi connectivity index (χ4v) is 2.54. The molecule has 0 unspecified atom stereocenters. The Labute approximate surface area is 149 Å². The number of methoxy groups -OCH3 is 1. The molecule has 0 fully saturated rings. The van der Waals surface area contributed by atoms with Crippen LogP contribution in [0.3, 0.4) is 0 Å². The molecule has 0 bridgehead atoms. The fraction of sp³-hybridized carbons (Fsp3) is 0.182. The lowest BCUT2D eigenvalue weighted by Gasteiger charge is -2.09. The maximum absolute atomic E-state index is 5.83. The lowest BCUT2D eigenvalue weighted by Crippen LogP contribution is -2.12. The van der Waals surface area contributed by atoms with Crippen molar-refractivity contribution >= 4 is 0 Å². The lowest BCUT2D eigenvalue weighted by atomic mass is 10.2. The molecule has 0 aromatic heterocycles. The van der Waals surface area contributed by atoms with Gasteiger partial charge in [-0.1, -0.05) is 54.6 Å². The summed E-state index contributed by atoms with van der Waals surface area (Å²) in [6.07, 6.45) is 0. The molecule has 3 aromatic carbocycles. The summed E-state index contributed by atoms with van der Waals surface area (Å²) in [7, 11) is 1.67. The average molecular weight is 333 g/mol. The third-order valence-corrected chi connectivity index (χ3v) is 3.99. The summed E-state index contributed by atoms with van der Waals surface area (Å²) in [6, 6.07) is 26.6. The number of nitrogens with one attached hydrogen (secondary N) is 1. The topological polar surface area (TPSA) is 30.5 Å². The first-order valence-corrected chi connectivity index (χ1v) is 8.43. The summed E-state index contributed by atoms with van der Waals surface area (Å²) in [5.74, 6) is 1.73. The van der Waals surface area contributed by atoms with Crippen molar-refractivity contribution in [3.63, 3.8) is 0 Å². The second kappa shape index (κ2) is 8.90. The Morgan fingerprint density at radius 1 is 0.640 bits per heavy atom. The molecule has 0 aliphatic heterocycles. The van der Waals surface area contributed by atoms with Crippen molar-refractivity contribution in [2.75, 3.05) is 7.11 Å². The zero-order chi connectivity index (χ0) is 17.3. The molecule has 0 aliphatic carbocycles. The Morgan fingerprint density at radius 3 is 1.84 bits per heavy atom. The van der Waals surface area contributed by atoms with Gasteiger partial charge in [0.1, 0.15) is 18.1 Å². The van der Waals surface area contributed by atoms with Gasteiger partial charge in [0.25, 0.3) is 0 Å². The Kier molecular flexibility index (Phi) is 6.07. The Morgan fingerprint density at radius 2 is 1.20 bits per heavy atom. The van der Waals surface area contributed by atoms with Crippen LogP contribution in [0.1, 0.15) is 16.7 Å². The normalized spacial score (nSPS) is 10.4. The summed E-state index contributed by atoms with van der Waals surface area (Å²) in [5, 5.41) is 3.45. The maximum Gasteiger partial charge on any atom is 0.119 e. The van der Waals surface area contributed by atoms with Crippen LogP contribution in [-0.2, 0) is 19.7 Å². The third-order valence-electron chi connectivity index (χ3n) is 3.99. The van der Waals surface area contributed by atoms with E-state index in [0.29, 0.717) is 6.61 Å². The Hall–Kier alpha value is -2.78. The van der Waals surface area contributed by atoms with E-state index in [4.69, 9.17) is 9.47 Å². The molecule has 0 saturated heterocycles. The molecule has 0 spiro atoms. The molecule has 0 radical (unpaired) electrons. The van der Waals surface area contributed by atoms with Gasteiger partial charge in [0.05, 0.1) is 7.11 Å². The first kappa shape index (κ1) is 17.1. The highest BCUT2D eigenvalue weighted by molar-refractivity contribution is 5.29. The van der Waals surface area contributed by atoms with Crippen molar-refractivity contribution in [3.8, 4) is 11.5 Å². The van der Waals surface area contributed by atoms with Crippen molar-refractivity contribution in [1.29, 1.82) is 0 Å². The zero-order valence-electron chi connectivity index (χ0n) is 14.4. The SMILES string of the molecule is COc1ccc(COc2ccc(CNCc3ccccc3)cc2)cc1. The summed E-state index contributed by atoms with van der Waals surface area (Å²) in [6.45, 7) is 2.26. The molecule has 3 heteroatoms. The summed E-state index contributed by atoms with van der Waals surface area (Å²) >= 11 is 0. The van der Waals surface area contributed by atoms with Crippen LogP contribution in [-0.4, -0.2) is 7.11 Å². The smallest absolute Gasteiger partial charge is 0.119 e. The quantitative estimate of drug-likeness (QED) is 0.655. The fourth-order valence-electron chi connectivity index (χ4n) is 2.54. The molecular weight excluding hydrogens is 310 g/mol. The van der Waals surface area contributed by atoms with E-state index in [0.717, 1.165) is 30.2 Å². The van der Waals surface area contributed by atoms with Crippen molar-refractivity contribution in [2.24, 2.45) is 0 Å². The van der Waals surface area contributed by atoms with Crippen LogP contribution in [0, 0.1) is 0 Å². The predicted octanol–water partition coefficient (Wildman–Crippen LogP) is 4.56. The minimum absolute atomic E-state index is 0.551. The number of benzene rings is 3. The van der Waals surface area contributed by atoms with E-state index >= 15 is 0 Å². The van der Waals surface area contributed by atoms with Crippen LogP contribution in [0.2, 0.25) is 0 Å². The number of ether oxygens (including phenoxy) is 2. The van der Waals surface area contributed by atoms with Crippen LogP contribution >= 0.6 is 0 Å². The number of hydrogen-bond donors (Lipinski definition) is 1. The average Bonchev–Trinajstić information content (AvgIpc) is 2.68. The molecule has 0 atom stereocenters. The molecule has 3 rings (SSSR count). The molecule has 0 aliphatic rings. The van der Waals surface area contributed by atoms with Gasteiger partial charge in [-0.3, -0.25) is 0 Å².